The molecule has 0 spiro atoms. The summed E-state index contributed by atoms with van der Waals surface area (Å²) in [6, 6.07) is 10.4. The van der Waals surface area contributed by atoms with Crippen molar-refractivity contribution < 1.29 is 19.1 Å². The molecule has 27 heavy (non-hydrogen) atoms. The van der Waals surface area contributed by atoms with Gasteiger partial charge in [0.25, 0.3) is 11.8 Å². The van der Waals surface area contributed by atoms with Gasteiger partial charge in [-0.3, -0.25) is 9.59 Å². The molecule has 0 fully saturated rings. The Balaban J connectivity index is 1.76. The standard InChI is InChI=1S/C20H24N2O4S/c1-4-15-7-9-16(10-8-15)13(2)21-18(23)12-26-20(25)14(3)22-19(24)17-6-5-11-27-17/h5-11,13-14H,4,12H2,1-3H3,(H,21,23)(H,22,24). The van der Waals surface area contributed by atoms with Gasteiger partial charge in [0.15, 0.2) is 6.61 Å². The second-order valence-corrected chi connectivity index (χ2v) is 7.11. The summed E-state index contributed by atoms with van der Waals surface area (Å²) >= 11 is 1.28. The predicted octanol–water partition coefficient (Wildman–Crippen LogP) is 2.85. The molecule has 0 aliphatic carbocycles. The number of aryl methyl sites for hydroxylation is 1. The molecule has 0 radical (unpaired) electrons. The second kappa shape index (κ2) is 9.87. The van der Waals surface area contributed by atoms with Crippen LogP contribution in [0.4, 0.5) is 0 Å². The molecule has 2 unspecified atom stereocenters. The Hall–Kier alpha value is -2.67. The summed E-state index contributed by atoms with van der Waals surface area (Å²) in [4.78, 5) is 36.4. The molecule has 7 heteroatoms. The number of thiophene rings is 1. The Labute approximate surface area is 162 Å². The third-order valence-corrected chi connectivity index (χ3v) is 4.93. The number of rotatable bonds is 8. The van der Waals surface area contributed by atoms with E-state index in [9.17, 15) is 14.4 Å². The van der Waals surface area contributed by atoms with Crippen molar-refractivity contribution in [1.82, 2.24) is 10.6 Å². The fourth-order valence-corrected chi connectivity index (χ4v) is 3.03. The Morgan fingerprint density at radius 1 is 1.07 bits per heavy atom. The summed E-state index contributed by atoms with van der Waals surface area (Å²) in [5, 5.41) is 7.11. The highest BCUT2D eigenvalue weighted by atomic mass is 32.1. The minimum Gasteiger partial charge on any atom is -0.454 e. The van der Waals surface area contributed by atoms with Crippen LogP contribution in [0.15, 0.2) is 41.8 Å². The van der Waals surface area contributed by atoms with Crippen LogP contribution in [0.3, 0.4) is 0 Å². The lowest BCUT2D eigenvalue weighted by atomic mass is 10.1. The number of ether oxygens (including phenoxy) is 1. The molecule has 1 heterocycles. The van der Waals surface area contributed by atoms with E-state index >= 15 is 0 Å². The molecular weight excluding hydrogens is 364 g/mol. The summed E-state index contributed by atoms with van der Waals surface area (Å²) in [5.74, 6) is -1.40. The molecule has 0 bridgehead atoms. The molecule has 144 valence electrons. The SMILES string of the molecule is CCc1ccc(C(C)NC(=O)COC(=O)C(C)NC(=O)c2cccs2)cc1. The van der Waals surface area contributed by atoms with Crippen LogP contribution in [0.1, 0.15) is 47.6 Å². The van der Waals surface area contributed by atoms with E-state index in [1.807, 2.05) is 31.2 Å². The molecule has 0 saturated carbocycles. The van der Waals surface area contributed by atoms with Crippen LogP contribution in [0.5, 0.6) is 0 Å². The van der Waals surface area contributed by atoms with Gasteiger partial charge in [-0.25, -0.2) is 4.79 Å². The molecule has 2 atom stereocenters. The number of hydrogen-bond acceptors (Lipinski definition) is 5. The van der Waals surface area contributed by atoms with E-state index in [1.165, 1.54) is 23.8 Å². The number of benzene rings is 1. The van der Waals surface area contributed by atoms with E-state index in [-0.39, 0.29) is 11.9 Å². The maximum Gasteiger partial charge on any atom is 0.328 e. The first-order chi connectivity index (χ1) is 12.9. The Morgan fingerprint density at radius 3 is 2.37 bits per heavy atom. The van der Waals surface area contributed by atoms with E-state index in [4.69, 9.17) is 4.74 Å². The Bertz CT molecular complexity index is 772. The molecule has 0 aliphatic heterocycles. The van der Waals surface area contributed by atoms with Crippen molar-refractivity contribution >= 4 is 29.1 Å². The number of amides is 2. The first kappa shape index (κ1) is 20.6. The molecule has 2 N–H and O–H groups in total. The molecule has 2 aromatic rings. The molecular formula is C20H24N2O4S. The van der Waals surface area contributed by atoms with Gasteiger partial charge in [0.2, 0.25) is 0 Å². The van der Waals surface area contributed by atoms with E-state index in [2.05, 4.69) is 17.6 Å². The third kappa shape index (κ3) is 6.21. The van der Waals surface area contributed by atoms with E-state index in [0.29, 0.717) is 4.88 Å². The topological polar surface area (TPSA) is 84.5 Å². The van der Waals surface area contributed by atoms with Gasteiger partial charge in [-0.2, -0.15) is 0 Å². The molecule has 2 rings (SSSR count). The lowest BCUT2D eigenvalue weighted by Gasteiger charge is -2.16. The van der Waals surface area contributed by atoms with Crippen LogP contribution in [0.25, 0.3) is 0 Å². The summed E-state index contributed by atoms with van der Waals surface area (Å²) in [5.41, 5.74) is 2.20. The maximum atomic E-state index is 12.0. The van der Waals surface area contributed by atoms with Crippen LogP contribution in [-0.4, -0.2) is 30.4 Å². The summed E-state index contributed by atoms with van der Waals surface area (Å²) in [6.07, 6.45) is 0.957. The van der Waals surface area contributed by atoms with Crippen LogP contribution in [-0.2, 0) is 20.7 Å². The van der Waals surface area contributed by atoms with Gasteiger partial charge in [-0.1, -0.05) is 37.3 Å². The van der Waals surface area contributed by atoms with E-state index < -0.39 is 24.5 Å². The van der Waals surface area contributed by atoms with Gasteiger partial charge in [0.05, 0.1) is 10.9 Å². The van der Waals surface area contributed by atoms with Crippen LogP contribution in [0, 0.1) is 0 Å². The van der Waals surface area contributed by atoms with Crippen molar-refractivity contribution in [3.05, 3.63) is 57.8 Å². The van der Waals surface area contributed by atoms with E-state index in [1.54, 1.807) is 17.5 Å². The summed E-state index contributed by atoms with van der Waals surface area (Å²) < 4.78 is 4.99. The van der Waals surface area contributed by atoms with Gasteiger partial charge in [0, 0.05) is 0 Å². The normalized spacial score (nSPS) is 12.7. The molecule has 2 amide bonds. The lowest BCUT2D eigenvalue weighted by Crippen LogP contribution is -2.41. The van der Waals surface area contributed by atoms with Crippen molar-refractivity contribution in [3.8, 4) is 0 Å². The van der Waals surface area contributed by atoms with Crippen molar-refractivity contribution in [3.63, 3.8) is 0 Å². The second-order valence-electron chi connectivity index (χ2n) is 6.16. The molecule has 1 aromatic carbocycles. The highest BCUT2D eigenvalue weighted by Crippen LogP contribution is 2.13. The van der Waals surface area contributed by atoms with Gasteiger partial charge in [-0.15, -0.1) is 11.3 Å². The fraction of sp³-hybridized carbons (Fsp3) is 0.350. The average Bonchev–Trinajstić information content (AvgIpc) is 3.21. The fourth-order valence-electron chi connectivity index (χ4n) is 2.40. The zero-order valence-corrected chi connectivity index (χ0v) is 16.5. The first-order valence-electron chi connectivity index (χ1n) is 8.80. The van der Waals surface area contributed by atoms with Crippen molar-refractivity contribution in [1.29, 1.82) is 0 Å². The monoisotopic (exact) mass is 388 g/mol. The summed E-state index contributed by atoms with van der Waals surface area (Å²) in [7, 11) is 0. The number of carbonyl (C=O) groups excluding carboxylic acids is 3. The maximum absolute atomic E-state index is 12.0. The highest BCUT2D eigenvalue weighted by molar-refractivity contribution is 7.12. The van der Waals surface area contributed by atoms with E-state index in [0.717, 1.165) is 12.0 Å². The average molecular weight is 388 g/mol. The van der Waals surface area contributed by atoms with Crippen LogP contribution < -0.4 is 10.6 Å². The molecule has 1 aromatic heterocycles. The number of hydrogen-bond donors (Lipinski definition) is 2. The first-order valence-corrected chi connectivity index (χ1v) is 9.67. The largest absolute Gasteiger partial charge is 0.454 e. The van der Waals surface area contributed by atoms with Gasteiger partial charge < -0.3 is 15.4 Å². The smallest absolute Gasteiger partial charge is 0.328 e. The van der Waals surface area contributed by atoms with Crippen LogP contribution in [0.2, 0.25) is 0 Å². The number of carbonyl (C=O) groups is 3. The Morgan fingerprint density at radius 2 is 1.78 bits per heavy atom. The minimum absolute atomic E-state index is 0.196. The minimum atomic E-state index is -0.841. The van der Waals surface area contributed by atoms with Crippen LogP contribution >= 0.6 is 11.3 Å². The molecule has 0 saturated heterocycles. The Kier molecular flexibility index (Phi) is 7.55. The predicted molar refractivity (Wildman–Crippen MR) is 105 cm³/mol. The van der Waals surface area contributed by atoms with Crippen molar-refractivity contribution in [2.45, 2.75) is 39.3 Å². The van der Waals surface area contributed by atoms with Crippen molar-refractivity contribution in [2.24, 2.45) is 0 Å². The van der Waals surface area contributed by atoms with Gasteiger partial charge in [0.1, 0.15) is 6.04 Å². The molecule has 6 nitrogen and oxygen atoms in total. The van der Waals surface area contributed by atoms with Crippen molar-refractivity contribution in [2.75, 3.05) is 6.61 Å². The third-order valence-electron chi connectivity index (χ3n) is 4.06. The lowest BCUT2D eigenvalue weighted by molar-refractivity contribution is -0.150. The quantitative estimate of drug-likeness (QED) is 0.681. The van der Waals surface area contributed by atoms with Gasteiger partial charge >= 0.3 is 5.97 Å². The summed E-state index contributed by atoms with van der Waals surface area (Å²) in [6.45, 7) is 5.07. The number of nitrogens with one attached hydrogen (secondary N) is 2. The zero-order valence-electron chi connectivity index (χ0n) is 15.7. The number of esters is 1. The molecule has 0 aliphatic rings. The highest BCUT2D eigenvalue weighted by Gasteiger charge is 2.20. The van der Waals surface area contributed by atoms with Gasteiger partial charge in [-0.05, 0) is 42.8 Å². The zero-order chi connectivity index (χ0) is 19.8.